The van der Waals surface area contributed by atoms with Gasteiger partial charge in [-0.05, 0) is 30.0 Å². The SMILES string of the molecule is CC(C)(C)c1nc(CN2CCCN(c3ccc4nnc(-c5ccsc5)n4n3)CC2)no1. The van der Waals surface area contributed by atoms with Crippen molar-refractivity contribution in [2.75, 3.05) is 31.1 Å². The third kappa shape index (κ3) is 4.17. The first-order valence-corrected chi connectivity index (χ1v) is 11.5. The number of hydrogen-bond donors (Lipinski definition) is 0. The molecule has 1 saturated heterocycles. The molecule has 1 aliphatic heterocycles. The van der Waals surface area contributed by atoms with Crippen LogP contribution in [0.3, 0.4) is 0 Å². The summed E-state index contributed by atoms with van der Waals surface area (Å²) in [5, 5.41) is 21.7. The van der Waals surface area contributed by atoms with E-state index >= 15 is 0 Å². The summed E-state index contributed by atoms with van der Waals surface area (Å²) in [7, 11) is 0. The number of nitrogens with zero attached hydrogens (tertiary/aromatic N) is 8. The summed E-state index contributed by atoms with van der Waals surface area (Å²) in [5.41, 5.74) is 1.67. The van der Waals surface area contributed by atoms with Crippen LogP contribution in [-0.4, -0.2) is 61.0 Å². The Morgan fingerprint density at radius 3 is 2.74 bits per heavy atom. The molecular weight excluding hydrogens is 412 g/mol. The molecule has 0 aliphatic carbocycles. The molecule has 0 unspecified atom stereocenters. The average molecular weight is 439 g/mol. The van der Waals surface area contributed by atoms with Crippen LogP contribution in [0.1, 0.15) is 38.9 Å². The van der Waals surface area contributed by atoms with Gasteiger partial charge in [0.25, 0.3) is 0 Å². The molecule has 162 valence electrons. The van der Waals surface area contributed by atoms with Crippen LogP contribution in [0.4, 0.5) is 5.82 Å². The largest absolute Gasteiger partial charge is 0.354 e. The zero-order valence-electron chi connectivity index (χ0n) is 18.0. The lowest BCUT2D eigenvalue weighted by molar-refractivity contribution is 0.269. The molecule has 0 aromatic carbocycles. The molecule has 1 aliphatic rings. The van der Waals surface area contributed by atoms with Gasteiger partial charge in [0.2, 0.25) is 5.89 Å². The van der Waals surface area contributed by atoms with Gasteiger partial charge in [-0.15, -0.1) is 15.3 Å². The smallest absolute Gasteiger partial charge is 0.232 e. The highest BCUT2D eigenvalue weighted by molar-refractivity contribution is 7.08. The summed E-state index contributed by atoms with van der Waals surface area (Å²) in [6.07, 6.45) is 1.04. The highest BCUT2D eigenvalue weighted by Gasteiger charge is 2.23. The molecule has 1 fully saturated rings. The van der Waals surface area contributed by atoms with Crippen molar-refractivity contribution in [2.45, 2.75) is 39.2 Å². The third-order valence-corrected chi connectivity index (χ3v) is 6.10. The zero-order valence-corrected chi connectivity index (χ0v) is 18.8. The van der Waals surface area contributed by atoms with Crippen molar-refractivity contribution >= 4 is 22.8 Å². The lowest BCUT2D eigenvalue weighted by atomic mass is 9.97. The van der Waals surface area contributed by atoms with Crippen LogP contribution >= 0.6 is 11.3 Å². The number of rotatable bonds is 4. The standard InChI is InChI=1S/C21H26N8OS/c1-21(2,3)20-22-16(26-30-20)13-27-8-4-9-28(11-10-27)18-6-5-17-23-24-19(29(17)25-18)15-7-12-31-14-15/h5-7,12,14H,4,8-11,13H2,1-3H3. The molecule has 5 rings (SSSR count). The van der Waals surface area contributed by atoms with Crippen LogP contribution < -0.4 is 4.90 Å². The van der Waals surface area contributed by atoms with Gasteiger partial charge in [-0.2, -0.15) is 20.8 Å². The van der Waals surface area contributed by atoms with E-state index in [4.69, 9.17) is 9.62 Å². The Balaban J connectivity index is 1.30. The second-order valence-corrected chi connectivity index (χ2v) is 9.66. The van der Waals surface area contributed by atoms with Gasteiger partial charge in [0, 0.05) is 42.5 Å². The first-order valence-electron chi connectivity index (χ1n) is 10.5. The fourth-order valence-corrected chi connectivity index (χ4v) is 4.33. The van der Waals surface area contributed by atoms with Gasteiger partial charge in [0.15, 0.2) is 17.3 Å². The van der Waals surface area contributed by atoms with Gasteiger partial charge in [-0.3, -0.25) is 4.90 Å². The maximum atomic E-state index is 5.45. The average Bonchev–Trinajstić information content (AvgIpc) is 3.46. The fourth-order valence-electron chi connectivity index (χ4n) is 3.70. The Morgan fingerprint density at radius 1 is 1.06 bits per heavy atom. The Kier molecular flexibility index (Phi) is 5.19. The molecule has 4 aromatic rings. The molecule has 0 spiro atoms. The Morgan fingerprint density at radius 2 is 1.97 bits per heavy atom. The van der Waals surface area contributed by atoms with E-state index in [0.29, 0.717) is 12.4 Å². The van der Waals surface area contributed by atoms with Crippen LogP contribution in [0.15, 0.2) is 33.5 Å². The molecule has 0 radical (unpaired) electrons. The van der Waals surface area contributed by atoms with Crippen molar-refractivity contribution in [3.05, 3.63) is 40.7 Å². The van der Waals surface area contributed by atoms with Gasteiger partial charge >= 0.3 is 0 Å². The van der Waals surface area contributed by atoms with Gasteiger partial charge in [0.1, 0.15) is 5.82 Å². The Labute approximate surface area is 184 Å². The van der Waals surface area contributed by atoms with Gasteiger partial charge in [0.05, 0.1) is 6.54 Å². The van der Waals surface area contributed by atoms with Crippen molar-refractivity contribution in [1.29, 1.82) is 0 Å². The third-order valence-electron chi connectivity index (χ3n) is 5.42. The minimum atomic E-state index is -0.130. The summed E-state index contributed by atoms with van der Waals surface area (Å²) >= 11 is 1.64. The van der Waals surface area contributed by atoms with Crippen LogP contribution in [0.5, 0.6) is 0 Å². The Hall–Kier alpha value is -2.85. The minimum absolute atomic E-state index is 0.130. The normalized spacial score (nSPS) is 16.2. The molecule has 9 nitrogen and oxygen atoms in total. The quantitative estimate of drug-likeness (QED) is 0.480. The fraction of sp³-hybridized carbons (Fsp3) is 0.476. The van der Waals surface area contributed by atoms with Crippen molar-refractivity contribution in [3.8, 4) is 11.4 Å². The van der Waals surface area contributed by atoms with Gasteiger partial charge < -0.3 is 9.42 Å². The Bertz CT molecular complexity index is 1160. The van der Waals surface area contributed by atoms with Crippen molar-refractivity contribution in [2.24, 2.45) is 0 Å². The van der Waals surface area contributed by atoms with E-state index in [1.165, 1.54) is 0 Å². The predicted octanol–water partition coefficient (Wildman–Crippen LogP) is 3.25. The second kappa shape index (κ2) is 8.01. The number of hydrogen-bond acceptors (Lipinski definition) is 9. The minimum Gasteiger partial charge on any atom is -0.354 e. The number of anilines is 1. The van der Waals surface area contributed by atoms with Crippen molar-refractivity contribution in [3.63, 3.8) is 0 Å². The van der Waals surface area contributed by atoms with Crippen LogP contribution in [0, 0.1) is 0 Å². The maximum Gasteiger partial charge on any atom is 0.232 e. The summed E-state index contributed by atoms with van der Waals surface area (Å²) in [4.78, 5) is 9.29. The maximum absolute atomic E-state index is 5.45. The molecule has 5 heterocycles. The first-order chi connectivity index (χ1) is 15.0. The van der Waals surface area contributed by atoms with Crippen molar-refractivity contribution < 1.29 is 4.52 Å². The van der Waals surface area contributed by atoms with E-state index in [0.717, 1.165) is 61.3 Å². The van der Waals surface area contributed by atoms with E-state index in [1.54, 1.807) is 11.3 Å². The molecule has 10 heteroatoms. The topological polar surface area (TPSA) is 88.5 Å². The van der Waals surface area contributed by atoms with E-state index in [-0.39, 0.29) is 5.41 Å². The highest BCUT2D eigenvalue weighted by atomic mass is 32.1. The summed E-state index contributed by atoms with van der Waals surface area (Å²) in [6, 6.07) is 6.06. The van der Waals surface area contributed by atoms with Gasteiger partial charge in [-0.25, -0.2) is 0 Å². The highest BCUT2D eigenvalue weighted by Crippen LogP contribution is 2.23. The number of fused-ring (bicyclic) bond motifs is 1. The summed E-state index contributed by atoms with van der Waals surface area (Å²) < 4.78 is 7.29. The van der Waals surface area contributed by atoms with Crippen LogP contribution in [0.25, 0.3) is 17.0 Å². The van der Waals surface area contributed by atoms with E-state index in [1.807, 2.05) is 28.1 Å². The van der Waals surface area contributed by atoms with Gasteiger partial charge in [-0.1, -0.05) is 25.9 Å². The predicted molar refractivity (Wildman–Crippen MR) is 119 cm³/mol. The molecule has 0 saturated carbocycles. The van der Waals surface area contributed by atoms with Crippen molar-refractivity contribution in [1.82, 2.24) is 34.9 Å². The molecule has 0 atom stereocenters. The lowest BCUT2D eigenvalue weighted by Crippen LogP contribution is -2.31. The molecule has 0 N–H and O–H groups in total. The lowest BCUT2D eigenvalue weighted by Gasteiger charge is -2.22. The van der Waals surface area contributed by atoms with E-state index in [2.05, 4.69) is 56.3 Å². The molecular formula is C21H26N8OS. The number of thiophene rings is 1. The number of aromatic nitrogens is 6. The molecule has 4 aromatic heterocycles. The monoisotopic (exact) mass is 438 g/mol. The van der Waals surface area contributed by atoms with Crippen LogP contribution in [-0.2, 0) is 12.0 Å². The summed E-state index contributed by atoms with van der Waals surface area (Å²) in [6.45, 7) is 10.7. The summed E-state index contributed by atoms with van der Waals surface area (Å²) in [5.74, 6) is 3.16. The second-order valence-electron chi connectivity index (χ2n) is 8.88. The van der Waals surface area contributed by atoms with Crippen LogP contribution in [0.2, 0.25) is 0 Å². The van der Waals surface area contributed by atoms with E-state index in [9.17, 15) is 0 Å². The zero-order chi connectivity index (χ0) is 21.4. The van der Waals surface area contributed by atoms with E-state index < -0.39 is 0 Å². The molecule has 0 amide bonds. The molecule has 31 heavy (non-hydrogen) atoms. The molecule has 0 bridgehead atoms. The first kappa shape index (κ1) is 20.1.